The highest BCUT2D eigenvalue weighted by Gasteiger charge is 2.20. The second-order valence-corrected chi connectivity index (χ2v) is 7.05. The van der Waals surface area contributed by atoms with E-state index in [4.69, 9.17) is 20.0 Å². The van der Waals surface area contributed by atoms with Gasteiger partial charge in [-0.15, -0.1) is 0 Å². The van der Waals surface area contributed by atoms with Crippen molar-refractivity contribution in [2.45, 2.75) is 6.42 Å². The molecule has 0 spiro atoms. The van der Waals surface area contributed by atoms with Gasteiger partial charge in [0.25, 0.3) is 5.91 Å². The van der Waals surface area contributed by atoms with Crippen LogP contribution in [0.25, 0.3) is 0 Å². The Bertz CT molecular complexity index is 1340. The number of rotatable bonds is 8. The Labute approximate surface area is 192 Å². The fourth-order valence-corrected chi connectivity index (χ4v) is 3.15. The number of ether oxygens (including phenoxy) is 1. The summed E-state index contributed by atoms with van der Waals surface area (Å²) >= 11 is 0. The Morgan fingerprint density at radius 3 is 2.53 bits per heavy atom. The van der Waals surface area contributed by atoms with Crippen LogP contribution in [0.4, 0.5) is 16.3 Å². The number of aromatic amines is 1. The van der Waals surface area contributed by atoms with Crippen molar-refractivity contribution in [3.8, 4) is 11.5 Å². The molecule has 2 aromatic heterocycles. The molecule has 4 rings (SSSR count). The normalized spacial score (nSPS) is 10.5. The van der Waals surface area contributed by atoms with Gasteiger partial charge in [-0.2, -0.15) is 0 Å². The van der Waals surface area contributed by atoms with Crippen LogP contribution in [0.2, 0.25) is 0 Å². The van der Waals surface area contributed by atoms with Gasteiger partial charge in [-0.1, -0.05) is 24.3 Å². The van der Waals surface area contributed by atoms with Gasteiger partial charge in [0.05, 0.1) is 6.26 Å². The fraction of sp³-hybridized carbons (Fsp3) is 0.0435. The third-order valence-electron chi connectivity index (χ3n) is 4.60. The zero-order chi connectivity index (χ0) is 24.1. The number of carbonyl (C=O) groups is 3. The van der Waals surface area contributed by atoms with Crippen LogP contribution in [0.15, 0.2) is 71.3 Å². The fourth-order valence-electron chi connectivity index (χ4n) is 3.15. The topological polar surface area (TPSA) is 173 Å². The minimum Gasteiger partial charge on any atom is -0.475 e. The number of para-hydroxylation sites is 1. The van der Waals surface area contributed by atoms with Crippen molar-refractivity contribution in [3.05, 3.63) is 89.8 Å². The molecule has 0 atom stereocenters. The van der Waals surface area contributed by atoms with Gasteiger partial charge < -0.3 is 30.3 Å². The molecule has 0 bridgehead atoms. The zero-order valence-corrected chi connectivity index (χ0v) is 17.6. The van der Waals surface area contributed by atoms with Crippen LogP contribution < -0.4 is 21.1 Å². The molecular weight excluding hydrogens is 442 g/mol. The van der Waals surface area contributed by atoms with Gasteiger partial charge in [-0.3, -0.25) is 10.1 Å². The Hall–Kier alpha value is -5.06. The SMILES string of the molecule is NC(=O)c1[nH]c(Cc2ccoc2C(=O)O)nc1NC(=O)Nc1cccc(Oc2ccccc2)c1. The second-order valence-electron chi connectivity index (χ2n) is 7.05. The van der Waals surface area contributed by atoms with Crippen LogP contribution in [-0.4, -0.2) is 33.0 Å². The van der Waals surface area contributed by atoms with Crippen LogP contribution in [0.1, 0.15) is 32.4 Å². The molecule has 0 aliphatic rings. The lowest BCUT2D eigenvalue weighted by Crippen LogP contribution is -2.22. The predicted molar refractivity (Wildman–Crippen MR) is 121 cm³/mol. The number of imidazole rings is 1. The number of carboxylic acids is 1. The van der Waals surface area contributed by atoms with Crippen LogP contribution >= 0.6 is 0 Å². The van der Waals surface area contributed by atoms with Crippen molar-refractivity contribution < 1.29 is 28.6 Å². The molecule has 0 aliphatic carbocycles. The lowest BCUT2D eigenvalue weighted by atomic mass is 10.2. The molecule has 0 saturated carbocycles. The van der Waals surface area contributed by atoms with Crippen LogP contribution in [0, 0.1) is 0 Å². The average Bonchev–Trinajstić information content (AvgIpc) is 3.42. The van der Waals surface area contributed by atoms with Gasteiger partial charge in [0.1, 0.15) is 23.0 Å². The molecule has 0 unspecified atom stereocenters. The van der Waals surface area contributed by atoms with Crippen molar-refractivity contribution in [1.82, 2.24) is 9.97 Å². The molecule has 34 heavy (non-hydrogen) atoms. The summed E-state index contributed by atoms with van der Waals surface area (Å²) in [5.74, 6) is -1.07. The highest BCUT2D eigenvalue weighted by atomic mass is 16.5. The van der Waals surface area contributed by atoms with E-state index in [1.807, 2.05) is 18.2 Å². The highest BCUT2D eigenvalue weighted by Crippen LogP contribution is 2.24. The number of amides is 3. The van der Waals surface area contributed by atoms with Gasteiger partial charge in [-0.25, -0.2) is 14.6 Å². The summed E-state index contributed by atoms with van der Waals surface area (Å²) in [5.41, 5.74) is 6.03. The minimum atomic E-state index is -1.24. The molecule has 11 heteroatoms. The van der Waals surface area contributed by atoms with E-state index in [1.54, 1.807) is 36.4 Å². The number of primary amides is 1. The molecule has 4 aromatic rings. The molecular formula is C23H19N5O6. The molecule has 0 saturated heterocycles. The third kappa shape index (κ3) is 5.22. The second kappa shape index (κ2) is 9.61. The van der Waals surface area contributed by atoms with E-state index < -0.39 is 17.9 Å². The Balaban J connectivity index is 1.46. The number of urea groups is 1. The smallest absolute Gasteiger partial charge is 0.372 e. The first-order valence-electron chi connectivity index (χ1n) is 9.98. The number of hydrogen-bond acceptors (Lipinski definition) is 6. The summed E-state index contributed by atoms with van der Waals surface area (Å²) in [7, 11) is 0. The van der Waals surface area contributed by atoms with Crippen LogP contribution in [0.3, 0.4) is 0 Å². The average molecular weight is 461 g/mol. The zero-order valence-electron chi connectivity index (χ0n) is 17.6. The number of aromatic carboxylic acids is 1. The molecule has 3 amide bonds. The highest BCUT2D eigenvalue weighted by molar-refractivity contribution is 6.04. The summed E-state index contributed by atoms with van der Waals surface area (Å²) < 4.78 is 10.7. The molecule has 0 fully saturated rings. The number of nitrogens with two attached hydrogens (primary N) is 1. The number of furan rings is 1. The molecule has 172 valence electrons. The van der Waals surface area contributed by atoms with Crippen LogP contribution in [-0.2, 0) is 6.42 Å². The van der Waals surface area contributed by atoms with Gasteiger partial charge in [-0.05, 0) is 30.3 Å². The van der Waals surface area contributed by atoms with Gasteiger partial charge in [0, 0.05) is 23.7 Å². The predicted octanol–water partition coefficient (Wildman–Crippen LogP) is 3.83. The number of carboxylic acid groups (broad SMARTS) is 1. The Morgan fingerprint density at radius 1 is 1.03 bits per heavy atom. The summed E-state index contributed by atoms with van der Waals surface area (Å²) in [6.07, 6.45) is 1.25. The van der Waals surface area contributed by atoms with E-state index >= 15 is 0 Å². The van der Waals surface area contributed by atoms with Crippen LogP contribution in [0.5, 0.6) is 11.5 Å². The number of aromatic nitrogens is 2. The largest absolute Gasteiger partial charge is 0.475 e. The molecule has 0 aliphatic heterocycles. The van der Waals surface area contributed by atoms with Crippen molar-refractivity contribution in [2.75, 3.05) is 10.6 Å². The molecule has 0 radical (unpaired) electrons. The summed E-state index contributed by atoms with van der Waals surface area (Å²) in [6, 6.07) is 16.7. The van der Waals surface area contributed by atoms with Crippen molar-refractivity contribution in [3.63, 3.8) is 0 Å². The van der Waals surface area contributed by atoms with Crippen molar-refractivity contribution in [1.29, 1.82) is 0 Å². The van der Waals surface area contributed by atoms with E-state index in [0.29, 0.717) is 22.7 Å². The maximum atomic E-state index is 12.5. The maximum absolute atomic E-state index is 12.5. The van der Waals surface area contributed by atoms with E-state index in [-0.39, 0.29) is 29.5 Å². The number of carbonyl (C=O) groups excluding carboxylic acids is 2. The molecule has 6 N–H and O–H groups in total. The Morgan fingerprint density at radius 2 is 1.79 bits per heavy atom. The first-order chi connectivity index (χ1) is 16.4. The quantitative estimate of drug-likeness (QED) is 0.265. The van der Waals surface area contributed by atoms with E-state index in [9.17, 15) is 14.4 Å². The monoisotopic (exact) mass is 461 g/mol. The van der Waals surface area contributed by atoms with Gasteiger partial charge >= 0.3 is 12.0 Å². The molecule has 11 nitrogen and oxygen atoms in total. The lowest BCUT2D eigenvalue weighted by Gasteiger charge is -2.09. The number of hydrogen-bond donors (Lipinski definition) is 5. The minimum absolute atomic E-state index is 0.0145. The van der Waals surface area contributed by atoms with Gasteiger partial charge in [0.15, 0.2) is 5.82 Å². The summed E-state index contributed by atoms with van der Waals surface area (Å²) in [6.45, 7) is 0. The molecule has 2 heterocycles. The third-order valence-corrected chi connectivity index (χ3v) is 4.60. The van der Waals surface area contributed by atoms with Crippen molar-refractivity contribution >= 4 is 29.4 Å². The van der Waals surface area contributed by atoms with E-state index in [2.05, 4.69) is 20.6 Å². The number of anilines is 2. The molecule has 2 aromatic carbocycles. The number of H-pyrrole nitrogens is 1. The van der Waals surface area contributed by atoms with E-state index in [1.165, 1.54) is 12.3 Å². The first kappa shape index (κ1) is 22.1. The standard InChI is InChI=1S/C23H19N5O6/c24-20(29)18-21(27-17(26-18)11-13-9-10-33-19(13)22(30)31)28-23(32)25-14-5-4-8-16(12-14)34-15-6-2-1-3-7-15/h1-10,12H,11H2,(H2,24,29)(H,26,27)(H,30,31)(H2,25,28,32). The maximum Gasteiger partial charge on any atom is 0.372 e. The Kier molecular flexibility index (Phi) is 6.26. The lowest BCUT2D eigenvalue weighted by molar-refractivity contribution is 0.0660. The van der Waals surface area contributed by atoms with E-state index in [0.717, 1.165) is 0 Å². The summed E-state index contributed by atoms with van der Waals surface area (Å²) in [4.78, 5) is 42.5. The number of nitrogens with zero attached hydrogens (tertiary/aromatic N) is 1. The number of benzene rings is 2. The number of nitrogens with one attached hydrogen (secondary N) is 3. The summed E-state index contributed by atoms with van der Waals surface area (Å²) in [5, 5.41) is 14.3. The van der Waals surface area contributed by atoms with Gasteiger partial charge in [0.2, 0.25) is 5.76 Å². The van der Waals surface area contributed by atoms with Crippen molar-refractivity contribution in [2.24, 2.45) is 5.73 Å². The first-order valence-corrected chi connectivity index (χ1v) is 9.98.